The zero-order chi connectivity index (χ0) is 9.14. The Morgan fingerprint density at radius 3 is 2.67 bits per heavy atom. The molecule has 0 saturated carbocycles. The van der Waals surface area contributed by atoms with Gasteiger partial charge in [-0.2, -0.15) is 0 Å². The van der Waals surface area contributed by atoms with E-state index in [0.29, 0.717) is 18.1 Å². The van der Waals surface area contributed by atoms with Gasteiger partial charge in [0.2, 0.25) is 0 Å². The van der Waals surface area contributed by atoms with Crippen molar-refractivity contribution in [3.63, 3.8) is 0 Å². The maximum atomic E-state index is 5.52. The highest BCUT2D eigenvalue weighted by molar-refractivity contribution is 5.06. The normalized spacial score (nSPS) is 31.9. The third-order valence-corrected chi connectivity index (χ3v) is 2.70. The first-order valence-corrected chi connectivity index (χ1v) is 4.61. The molecule has 1 aliphatic rings. The van der Waals surface area contributed by atoms with Crippen molar-refractivity contribution < 1.29 is 4.74 Å². The first-order chi connectivity index (χ1) is 5.66. The van der Waals surface area contributed by atoms with Crippen molar-refractivity contribution >= 4 is 0 Å². The van der Waals surface area contributed by atoms with Crippen molar-refractivity contribution in [2.24, 2.45) is 5.92 Å². The molecule has 0 amide bonds. The van der Waals surface area contributed by atoms with Gasteiger partial charge in [0.1, 0.15) is 0 Å². The van der Waals surface area contributed by atoms with E-state index in [1.54, 1.807) is 0 Å². The van der Waals surface area contributed by atoms with Gasteiger partial charge in [0.05, 0.1) is 6.10 Å². The van der Waals surface area contributed by atoms with Crippen LogP contribution in [0.1, 0.15) is 20.3 Å². The molecule has 1 aliphatic heterocycles. The molecule has 0 radical (unpaired) electrons. The van der Waals surface area contributed by atoms with Crippen LogP contribution in [0.3, 0.4) is 0 Å². The lowest BCUT2D eigenvalue weighted by Crippen LogP contribution is -2.37. The van der Waals surface area contributed by atoms with Gasteiger partial charge in [-0.1, -0.05) is 12.2 Å². The maximum Gasteiger partial charge on any atom is 0.0594 e. The van der Waals surface area contributed by atoms with Crippen molar-refractivity contribution in [1.29, 1.82) is 0 Å². The Morgan fingerprint density at radius 2 is 2.33 bits per heavy atom. The maximum absolute atomic E-state index is 5.52. The van der Waals surface area contributed by atoms with E-state index in [2.05, 4.69) is 25.7 Å². The molecule has 0 aromatic rings. The molecular formula is C10H19NO. The third kappa shape index (κ3) is 1.87. The molecule has 1 heterocycles. The first kappa shape index (κ1) is 9.75. The topological polar surface area (TPSA) is 21.3 Å². The zero-order valence-corrected chi connectivity index (χ0v) is 8.26. The van der Waals surface area contributed by atoms with Crippen molar-refractivity contribution in [2.45, 2.75) is 32.4 Å². The summed E-state index contributed by atoms with van der Waals surface area (Å²) in [7, 11) is 1.99. The standard InChI is InChI=1S/C10H19NO/c1-7(2)10(11-4)9-5-6-12-8(9)3/h8-11H,1,5-6H2,2-4H3. The highest BCUT2D eigenvalue weighted by Crippen LogP contribution is 2.26. The minimum atomic E-state index is 0.374. The van der Waals surface area contributed by atoms with Crippen molar-refractivity contribution in [3.8, 4) is 0 Å². The molecule has 0 aromatic heterocycles. The Hall–Kier alpha value is -0.340. The number of hydrogen-bond donors (Lipinski definition) is 1. The first-order valence-electron chi connectivity index (χ1n) is 4.61. The van der Waals surface area contributed by atoms with Gasteiger partial charge in [-0.25, -0.2) is 0 Å². The fourth-order valence-corrected chi connectivity index (χ4v) is 2.01. The van der Waals surface area contributed by atoms with Crippen molar-refractivity contribution in [2.75, 3.05) is 13.7 Å². The largest absolute Gasteiger partial charge is 0.378 e. The Balaban J connectivity index is 2.58. The van der Waals surface area contributed by atoms with Gasteiger partial charge >= 0.3 is 0 Å². The summed E-state index contributed by atoms with van der Waals surface area (Å²) in [6.45, 7) is 9.11. The van der Waals surface area contributed by atoms with Crippen LogP contribution in [0.4, 0.5) is 0 Å². The van der Waals surface area contributed by atoms with Gasteiger partial charge in [0, 0.05) is 18.6 Å². The van der Waals surface area contributed by atoms with Crippen LogP contribution >= 0.6 is 0 Å². The van der Waals surface area contributed by atoms with Crippen LogP contribution in [0.2, 0.25) is 0 Å². The Labute approximate surface area is 75.0 Å². The quantitative estimate of drug-likeness (QED) is 0.648. The average Bonchev–Trinajstić information content (AvgIpc) is 2.38. The summed E-state index contributed by atoms with van der Waals surface area (Å²) in [5.41, 5.74) is 1.21. The average molecular weight is 169 g/mol. The van der Waals surface area contributed by atoms with E-state index in [4.69, 9.17) is 4.74 Å². The molecule has 0 bridgehead atoms. The molecule has 1 fully saturated rings. The number of rotatable bonds is 3. The molecule has 1 saturated heterocycles. The summed E-state index contributed by atoms with van der Waals surface area (Å²) in [6.07, 6.45) is 1.53. The van der Waals surface area contributed by atoms with Crippen molar-refractivity contribution in [1.82, 2.24) is 5.32 Å². The lowest BCUT2D eigenvalue weighted by Gasteiger charge is -2.25. The SMILES string of the molecule is C=C(C)C(NC)C1CCOC1C. The summed E-state index contributed by atoms with van der Waals surface area (Å²) in [5, 5.41) is 3.29. The van der Waals surface area contributed by atoms with Gasteiger partial charge < -0.3 is 10.1 Å². The van der Waals surface area contributed by atoms with E-state index in [-0.39, 0.29) is 0 Å². The molecule has 12 heavy (non-hydrogen) atoms. The summed E-state index contributed by atoms with van der Waals surface area (Å²) in [4.78, 5) is 0. The van der Waals surface area contributed by atoms with Crippen LogP contribution in [-0.2, 0) is 4.74 Å². The summed E-state index contributed by atoms with van der Waals surface area (Å²) in [5.74, 6) is 0.604. The highest BCUT2D eigenvalue weighted by atomic mass is 16.5. The van der Waals surface area contributed by atoms with Crippen LogP contribution in [0.15, 0.2) is 12.2 Å². The summed E-state index contributed by atoms with van der Waals surface area (Å²) < 4.78 is 5.52. The predicted octanol–water partition coefficient (Wildman–Crippen LogP) is 1.58. The molecule has 2 nitrogen and oxygen atoms in total. The molecule has 1 rings (SSSR count). The van der Waals surface area contributed by atoms with Gasteiger partial charge in [-0.15, -0.1) is 0 Å². The van der Waals surface area contributed by atoms with Gasteiger partial charge in [0.15, 0.2) is 0 Å². The van der Waals surface area contributed by atoms with Gasteiger partial charge in [-0.3, -0.25) is 0 Å². The summed E-state index contributed by atoms with van der Waals surface area (Å²) in [6, 6.07) is 0.419. The van der Waals surface area contributed by atoms with Crippen LogP contribution in [0, 0.1) is 5.92 Å². The van der Waals surface area contributed by atoms with Crippen LogP contribution in [0.5, 0.6) is 0 Å². The van der Waals surface area contributed by atoms with E-state index in [9.17, 15) is 0 Å². The fraction of sp³-hybridized carbons (Fsp3) is 0.800. The Bertz CT molecular complexity index is 167. The van der Waals surface area contributed by atoms with E-state index >= 15 is 0 Å². The third-order valence-electron chi connectivity index (χ3n) is 2.70. The van der Waals surface area contributed by atoms with E-state index < -0.39 is 0 Å². The molecule has 0 spiro atoms. The molecule has 1 N–H and O–H groups in total. The van der Waals surface area contributed by atoms with E-state index in [1.165, 1.54) is 5.57 Å². The van der Waals surface area contributed by atoms with Crippen LogP contribution in [0.25, 0.3) is 0 Å². The van der Waals surface area contributed by atoms with Gasteiger partial charge in [0.25, 0.3) is 0 Å². The van der Waals surface area contributed by atoms with E-state index in [1.807, 2.05) is 7.05 Å². The summed E-state index contributed by atoms with van der Waals surface area (Å²) >= 11 is 0. The van der Waals surface area contributed by atoms with Crippen LogP contribution < -0.4 is 5.32 Å². The van der Waals surface area contributed by atoms with Crippen LogP contribution in [-0.4, -0.2) is 25.8 Å². The Kier molecular flexibility index (Phi) is 3.29. The smallest absolute Gasteiger partial charge is 0.0594 e. The number of likely N-dealkylation sites (N-methyl/N-ethyl adjacent to an activating group) is 1. The molecule has 3 unspecified atom stereocenters. The second kappa shape index (κ2) is 4.06. The van der Waals surface area contributed by atoms with Gasteiger partial charge in [-0.05, 0) is 27.3 Å². The lowest BCUT2D eigenvalue weighted by atomic mass is 9.89. The number of ether oxygens (including phenoxy) is 1. The monoisotopic (exact) mass is 169 g/mol. The number of nitrogens with one attached hydrogen (secondary N) is 1. The second-order valence-electron chi connectivity index (χ2n) is 3.64. The lowest BCUT2D eigenvalue weighted by molar-refractivity contribution is 0.0996. The molecule has 0 aromatic carbocycles. The van der Waals surface area contributed by atoms with E-state index in [0.717, 1.165) is 13.0 Å². The predicted molar refractivity (Wildman–Crippen MR) is 51.2 cm³/mol. The number of hydrogen-bond acceptors (Lipinski definition) is 2. The fourth-order valence-electron chi connectivity index (χ4n) is 2.01. The molecule has 0 aliphatic carbocycles. The molecule has 3 atom stereocenters. The molecule has 70 valence electrons. The molecule has 2 heteroatoms. The second-order valence-corrected chi connectivity index (χ2v) is 3.64. The minimum Gasteiger partial charge on any atom is -0.378 e. The Morgan fingerprint density at radius 1 is 1.67 bits per heavy atom. The zero-order valence-electron chi connectivity index (χ0n) is 8.26. The molecular weight excluding hydrogens is 150 g/mol. The minimum absolute atomic E-state index is 0.374. The van der Waals surface area contributed by atoms with Crippen molar-refractivity contribution in [3.05, 3.63) is 12.2 Å². The highest BCUT2D eigenvalue weighted by Gasteiger charge is 2.31.